The molecule has 2 aromatic rings. The van der Waals surface area contributed by atoms with Crippen LogP contribution in [-0.2, 0) is 12.0 Å². The summed E-state index contributed by atoms with van der Waals surface area (Å²) in [7, 11) is 0. The summed E-state index contributed by atoms with van der Waals surface area (Å²) in [6, 6.07) is 5.71. The second kappa shape index (κ2) is 6.70. The largest absolute Gasteiger partial charge is 0.494 e. The van der Waals surface area contributed by atoms with Crippen molar-refractivity contribution in [2.75, 3.05) is 19.6 Å². The molecule has 5 nitrogen and oxygen atoms in total. The number of Topliss-reactive ketones (excluding diaryl/α,β-unsaturated/α-hetero) is 1. The van der Waals surface area contributed by atoms with Crippen LogP contribution in [0.2, 0.25) is 0 Å². The van der Waals surface area contributed by atoms with Crippen LogP contribution in [0.25, 0.3) is 0 Å². The molecule has 162 valence electrons. The Bertz CT molecular complexity index is 1080. The molecule has 1 aliphatic heterocycles. The molecule has 1 saturated carbocycles. The van der Waals surface area contributed by atoms with Gasteiger partial charge >= 0.3 is 0 Å². The SMILES string of the molecule is O=C(CN1CCC(Cn2c(O)c3c(c2O)C24CCC2C=CC34)CC1)c1ccc(F)cc1. The number of nitrogens with zero attached hydrogens (tertiary/aromatic N) is 2. The van der Waals surface area contributed by atoms with E-state index in [1.807, 2.05) is 0 Å². The Morgan fingerprint density at radius 3 is 2.48 bits per heavy atom. The first kappa shape index (κ1) is 19.1. The van der Waals surface area contributed by atoms with Crippen LogP contribution in [0.3, 0.4) is 0 Å². The molecule has 3 unspecified atom stereocenters. The molecular formula is C25H27FN2O3. The van der Waals surface area contributed by atoms with E-state index in [1.165, 1.54) is 30.7 Å². The number of fused-ring (bicyclic) bond motifs is 2. The Hall–Kier alpha value is -2.60. The molecule has 1 aromatic carbocycles. The lowest BCUT2D eigenvalue weighted by atomic mass is 9.46. The van der Waals surface area contributed by atoms with Crippen molar-refractivity contribution in [3.63, 3.8) is 0 Å². The van der Waals surface area contributed by atoms with Gasteiger partial charge in [0, 0.05) is 34.6 Å². The first-order chi connectivity index (χ1) is 15.0. The van der Waals surface area contributed by atoms with Crippen LogP contribution in [0.15, 0.2) is 36.4 Å². The highest BCUT2D eigenvalue weighted by atomic mass is 19.1. The van der Waals surface area contributed by atoms with E-state index in [2.05, 4.69) is 17.1 Å². The number of halogens is 1. The summed E-state index contributed by atoms with van der Waals surface area (Å²) >= 11 is 0. The molecule has 31 heavy (non-hydrogen) atoms. The number of carbonyl (C=O) groups is 1. The number of carbonyl (C=O) groups excluding carboxylic acids is 1. The van der Waals surface area contributed by atoms with Crippen LogP contribution in [-0.4, -0.2) is 45.1 Å². The van der Waals surface area contributed by atoms with Crippen LogP contribution in [0.4, 0.5) is 4.39 Å². The minimum Gasteiger partial charge on any atom is -0.494 e. The topological polar surface area (TPSA) is 65.7 Å². The van der Waals surface area contributed by atoms with Gasteiger partial charge in [0.1, 0.15) is 5.82 Å². The highest BCUT2D eigenvalue weighted by molar-refractivity contribution is 5.97. The molecular weight excluding hydrogens is 395 g/mol. The third-order valence-electron chi connectivity index (χ3n) is 8.32. The lowest BCUT2D eigenvalue weighted by Gasteiger charge is -2.55. The predicted octanol–water partition coefficient (Wildman–Crippen LogP) is 3.95. The second-order valence-electron chi connectivity index (χ2n) is 9.74. The number of hydrogen-bond donors (Lipinski definition) is 2. The second-order valence-corrected chi connectivity index (χ2v) is 9.74. The number of ketones is 1. The number of rotatable bonds is 5. The third kappa shape index (κ3) is 2.60. The van der Waals surface area contributed by atoms with Gasteiger partial charge in [-0.1, -0.05) is 12.2 Å². The van der Waals surface area contributed by atoms with E-state index in [1.54, 1.807) is 4.57 Å². The Morgan fingerprint density at radius 1 is 1.06 bits per heavy atom. The van der Waals surface area contributed by atoms with E-state index >= 15 is 0 Å². The summed E-state index contributed by atoms with van der Waals surface area (Å²) in [4.78, 5) is 14.6. The van der Waals surface area contributed by atoms with Crippen molar-refractivity contribution in [2.45, 2.75) is 43.6 Å². The minimum atomic E-state index is -0.337. The van der Waals surface area contributed by atoms with Gasteiger partial charge in [-0.15, -0.1) is 0 Å². The molecule has 2 N–H and O–H groups in total. The average Bonchev–Trinajstić information content (AvgIpc) is 3.06. The maximum atomic E-state index is 13.1. The van der Waals surface area contributed by atoms with Crippen molar-refractivity contribution in [1.82, 2.24) is 9.47 Å². The van der Waals surface area contributed by atoms with E-state index in [0.717, 1.165) is 43.5 Å². The minimum absolute atomic E-state index is 0.00762. The summed E-state index contributed by atoms with van der Waals surface area (Å²) in [6.07, 6.45) is 8.58. The number of likely N-dealkylation sites (tertiary alicyclic amines) is 1. The Labute approximate surface area is 180 Å². The molecule has 2 fully saturated rings. The first-order valence-corrected chi connectivity index (χ1v) is 11.3. The van der Waals surface area contributed by atoms with Crippen molar-refractivity contribution < 1.29 is 19.4 Å². The van der Waals surface area contributed by atoms with Gasteiger partial charge < -0.3 is 10.2 Å². The standard InChI is InChI=1S/C25H27FN2O3/c26-18-4-1-16(2-5-18)20(29)14-27-11-8-15(9-12-27)13-28-23(30)21-19-6-3-17-7-10-25(17,19)22(21)24(28)31/h1-6,15,17,19,30-31H,7-14H2. The van der Waals surface area contributed by atoms with Gasteiger partial charge in [0.2, 0.25) is 0 Å². The molecule has 4 aliphatic rings. The molecule has 1 saturated heterocycles. The van der Waals surface area contributed by atoms with E-state index in [0.29, 0.717) is 30.5 Å². The molecule has 1 spiro atoms. The molecule has 6 rings (SSSR count). The monoisotopic (exact) mass is 422 g/mol. The Kier molecular flexibility index (Phi) is 4.13. The number of allylic oxidation sites excluding steroid dienone is 2. The number of aromatic hydroxyl groups is 2. The highest BCUT2D eigenvalue weighted by Gasteiger charge is 2.65. The lowest BCUT2D eigenvalue weighted by Crippen LogP contribution is -2.51. The molecule has 2 heterocycles. The smallest absolute Gasteiger partial charge is 0.198 e. The summed E-state index contributed by atoms with van der Waals surface area (Å²) in [6.45, 7) is 2.56. The number of piperidine rings is 1. The Morgan fingerprint density at radius 2 is 1.81 bits per heavy atom. The van der Waals surface area contributed by atoms with Crippen LogP contribution in [0.5, 0.6) is 11.8 Å². The number of aromatic nitrogens is 1. The first-order valence-electron chi connectivity index (χ1n) is 11.3. The quantitative estimate of drug-likeness (QED) is 0.566. The van der Waals surface area contributed by atoms with Gasteiger partial charge in [0.25, 0.3) is 0 Å². The summed E-state index contributed by atoms with van der Waals surface area (Å²) in [5, 5.41) is 21.8. The zero-order valence-corrected chi connectivity index (χ0v) is 17.4. The van der Waals surface area contributed by atoms with Crippen molar-refractivity contribution in [3.05, 3.63) is 58.9 Å². The van der Waals surface area contributed by atoms with Crippen LogP contribution >= 0.6 is 0 Å². The molecule has 3 aliphatic carbocycles. The molecule has 0 radical (unpaired) electrons. The molecule has 3 atom stereocenters. The predicted molar refractivity (Wildman–Crippen MR) is 114 cm³/mol. The fraction of sp³-hybridized carbons (Fsp3) is 0.480. The fourth-order valence-electron chi connectivity index (χ4n) is 6.49. The average molecular weight is 423 g/mol. The van der Waals surface area contributed by atoms with Crippen molar-refractivity contribution in [3.8, 4) is 11.8 Å². The highest BCUT2D eigenvalue weighted by Crippen LogP contribution is 2.73. The third-order valence-corrected chi connectivity index (χ3v) is 8.32. The maximum absolute atomic E-state index is 13.1. The lowest BCUT2D eigenvalue weighted by molar-refractivity contribution is 0.0889. The van der Waals surface area contributed by atoms with Gasteiger partial charge in [-0.2, -0.15) is 0 Å². The van der Waals surface area contributed by atoms with Crippen LogP contribution < -0.4 is 0 Å². The van der Waals surface area contributed by atoms with Gasteiger partial charge in [-0.25, -0.2) is 4.39 Å². The number of benzene rings is 1. The zero-order valence-electron chi connectivity index (χ0n) is 17.4. The van der Waals surface area contributed by atoms with E-state index in [-0.39, 0.29) is 34.7 Å². The fourth-order valence-corrected chi connectivity index (χ4v) is 6.49. The number of hydrogen-bond acceptors (Lipinski definition) is 4. The zero-order chi connectivity index (χ0) is 21.3. The summed E-state index contributed by atoms with van der Waals surface area (Å²) in [5.41, 5.74) is 2.54. The molecule has 0 bridgehead atoms. The van der Waals surface area contributed by atoms with E-state index in [4.69, 9.17) is 0 Å². The van der Waals surface area contributed by atoms with Crippen molar-refractivity contribution in [2.24, 2.45) is 11.8 Å². The van der Waals surface area contributed by atoms with E-state index in [9.17, 15) is 19.4 Å². The van der Waals surface area contributed by atoms with Gasteiger partial charge in [-0.05, 0) is 74.9 Å². The Balaban J connectivity index is 1.10. The molecule has 1 aromatic heterocycles. The van der Waals surface area contributed by atoms with Crippen LogP contribution in [0.1, 0.15) is 53.1 Å². The summed E-state index contributed by atoms with van der Waals surface area (Å²) < 4.78 is 14.8. The van der Waals surface area contributed by atoms with E-state index < -0.39 is 0 Å². The van der Waals surface area contributed by atoms with Crippen molar-refractivity contribution in [1.29, 1.82) is 0 Å². The molecule has 0 amide bonds. The van der Waals surface area contributed by atoms with Gasteiger partial charge in [0.15, 0.2) is 17.5 Å². The summed E-state index contributed by atoms with van der Waals surface area (Å²) in [5.74, 6) is 1.33. The normalized spacial score (nSPS) is 29.1. The van der Waals surface area contributed by atoms with Gasteiger partial charge in [-0.3, -0.25) is 14.3 Å². The maximum Gasteiger partial charge on any atom is 0.198 e. The van der Waals surface area contributed by atoms with Crippen LogP contribution in [0, 0.1) is 17.7 Å². The molecule has 6 heteroatoms. The van der Waals surface area contributed by atoms with Crippen molar-refractivity contribution >= 4 is 5.78 Å². The van der Waals surface area contributed by atoms with Gasteiger partial charge in [0.05, 0.1) is 6.54 Å².